The molecule has 1 aliphatic rings. The van der Waals surface area contributed by atoms with Crippen molar-refractivity contribution in [1.29, 1.82) is 0 Å². The molecule has 1 aliphatic heterocycles. The first-order chi connectivity index (χ1) is 11.5. The fourth-order valence-corrected chi connectivity index (χ4v) is 4.02. The van der Waals surface area contributed by atoms with E-state index < -0.39 is 10.8 Å². The normalized spacial score (nSPS) is 22.9. The number of aliphatic hydroxyl groups is 1. The van der Waals surface area contributed by atoms with Crippen molar-refractivity contribution in [3.63, 3.8) is 0 Å². The summed E-state index contributed by atoms with van der Waals surface area (Å²) in [6, 6.07) is 8.04. The van der Waals surface area contributed by atoms with Gasteiger partial charge < -0.3 is 14.7 Å². The van der Waals surface area contributed by atoms with Crippen LogP contribution in [0.3, 0.4) is 0 Å². The average Bonchev–Trinajstić information content (AvgIpc) is 2.91. The standard InChI is InChI=1S/C19H31NO3S/c1-15(2)8-9-20-13-17(12-16(20)3)14-23-18-4-6-19(7-5-18)24(22)11-10-21/h4-7,15-17,21H,8-14H2,1-3H3. The number of hydrogen-bond acceptors (Lipinski definition) is 4. The van der Waals surface area contributed by atoms with E-state index in [2.05, 4.69) is 25.7 Å². The number of benzene rings is 1. The lowest BCUT2D eigenvalue weighted by atomic mass is 10.1. The second kappa shape index (κ2) is 9.54. The highest BCUT2D eigenvalue weighted by molar-refractivity contribution is 7.85. The minimum atomic E-state index is -1.13. The third kappa shape index (κ3) is 5.87. The van der Waals surface area contributed by atoms with E-state index in [4.69, 9.17) is 9.84 Å². The second-order valence-electron chi connectivity index (χ2n) is 7.18. The zero-order valence-electron chi connectivity index (χ0n) is 15.1. The minimum absolute atomic E-state index is 0.0575. The van der Waals surface area contributed by atoms with Gasteiger partial charge in [0.1, 0.15) is 5.75 Å². The van der Waals surface area contributed by atoms with E-state index in [1.165, 1.54) is 19.4 Å². The van der Waals surface area contributed by atoms with Crippen molar-refractivity contribution in [1.82, 2.24) is 4.90 Å². The molecule has 3 unspecified atom stereocenters. The molecule has 1 N–H and O–H groups in total. The number of ether oxygens (including phenoxy) is 1. The Balaban J connectivity index is 1.78. The van der Waals surface area contributed by atoms with Crippen LogP contribution in [0.2, 0.25) is 0 Å². The van der Waals surface area contributed by atoms with Crippen LogP contribution in [0.4, 0.5) is 0 Å². The molecule has 3 atom stereocenters. The van der Waals surface area contributed by atoms with Crippen LogP contribution in [0.15, 0.2) is 29.2 Å². The summed E-state index contributed by atoms with van der Waals surface area (Å²) in [5.41, 5.74) is 0. The van der Waals surface area contributed by atoms with Gasteiger partial charge >= 0.3 is 0 Å². The van der Waals surface area contributed by atoms with Crippen molar-refractivity contribution >= 4 is 10.8 Å². The molecule has 1 saturated heterocycles. The smallest absolute Gasteiger partial charge is 0.119 e. The summed E-state index contributed by atoms with van der Waals surface area (Å²) in [6.45, 7) is 9.84. The molecule has 1 heterocycles. The number of aliphatic hydroxyl groups excluding tert-OH is 1. The van der Waals surface area contributed by atoms with Gasteiger partial charge in [0.05, 0.1) is 29.8 Å². The molecule has 0 radical (unpaired) electrons. The number of likely N-dealkylation sites (tertiary alicyclic amines) is 1. The van der Waals surface area contributed by atoms with Crippen molar-refractivity contribution in [2.24, 2.45) is 11.8 Å². The minimum Gasteiger partial charge on any atom is -0.493 e. The summed E-state index contributed by atoms with van der Waals surface area (Å²) in [7, 11) is -1.13. The van der Waals surface area contributed by atoms with Crippen molar-refractivity contribution in [2.45, 2.75) is 44.6 Å². The van der Waals surface area contributed by atoms with Gasteiger partial charge in [-0.25, -0.2) is 0 Å². The Morgan fingerprint density at radius 3 is 2.67 bits per heavy atom. The van der Waals surface area contributed by atoms with Crippen LogP contribution in [0.5, 0.6) is 5.75 Å². The van der Waals surface area contributed by atoms with E-state index in [9.17, 15) is 4.21 Å². The van der Waals surface area contributed by atoms with Crippen LogP contribution in [0.25, 0.3) is 0 Å². The molecule has 2 rings (SSSR count). The van der Waals surface area contributed by atoms with E-state index in [1.807, 2.05) is 24.3 Å². The highest BCUT2D eigenvalue weighted by atomic mass is 32.2. The SMILES string of the molecule is CC(C)CCN1CC(COc2ccc(S(=O)CCO)cc2)CC1C. The highest BCUT2D eigenvalue weighted by Gasteiger charge is 2.29. The van der Waals surface area contributed by atoms with Crippen LogP contribution in [0.1, 0.15) is 33.6 Å². The van der Waals surface area contributed by atoms with Gasteiger partial charge in [-0.2, -0.15) is 0 Å². The predicted molar refractivity (Wildman–Crippen MR) is 98.9 cm³/mol. The summed E-state index contributed by atoms with van der Waals surface area (Å²) < 4.78 is 17.7. The summed E-state index contributed by atoms with van der Waals surface area (Å²) in [4.78, 5) is 3.32. The first kappa shape index (κ1) is 19.4. The van der Waals surface area contributed by atoms with Gasteiger partial charge in [0, 0.05) is 23.4 Å². The molecule has 24 heavy (non-hydrogen) atoms. The highest BCUT2D eigenvalue weighted by Crippen LogP contribution is 2.25. The monoisotopic (exact) mass is 353 g/mol. The van der Waals surface area contributed by atoms with E-state index in [0.29, 0.717) is 12.0 Å². The molecule has 5 heteroatoms. The van der Waals surface area contributed by atoms with Crippen molar-refractivity contribution in [3.8, 4) is 5.75 Å². The fourth-order valence-electron chi connectivity index (χ4n) is 3.18. The van der Waals surface area contributed by atoms with Crippen LogP contribution in [-0.4, -0.2) is 52.3 Å². The predicted octanol–water partition coefficient (Wildman–Crippen LogP) is 2.92. The zero-order valence-corrected chi connectivity index (χ0v) is 15.9. The molecular weight excluding hydrogens is 322 g/mol. The van der Waals surface area contributed by atoms with E-state index >= 15 is 0 Å². The van der Waals surface area contributed by atoms with Crippen LogP contribution < -0.4 is 4.74 Å². The van der Waals surface area contributed by atoms with Crippen LogP contribution >= 0.6 is 0 Å². The molecule has 1 aromatic rings. The maximum atomic E-state index is 11.8. The molecule has 1 aromatic carbocycles. The van der Waals surface area contributed by atoms with Crippen molar-refractivity contribution in [2.75, 3.05) is 32.1 Å². The lowest BCUT2D eigenvalue weighted by Gasteiger charge is -2.21. The lowest BCUT2D eigenvalue weighted by molar-refractivity contribution is 0.226. The van der Waals surface area contributed by atoms with Crippen LogP contribution in [0, 0.1) is 11.8 Å². The van der Waals surface area contributed by atoms with Gasteiger partial charge in [-0.1, -0.05) is 13.8 Å². The summed E-state index contributed by atoms with van der Waals surface area (Å²) in [5.74, 6) is 2.44. The zero-order chi connectivity index (χ0) is 17.5. The van der Waals surface area contributed by atoms with E-state index in [1.54, 1.807) is 0 Å². The Labute approximate surface area is 148 Å². The molecule has 0 aromatic heterocycles. The molecule has 1 fully saturated rings. The molecule has 0 spiro atoms. The van der Waals surface area contributed by atoms with Gasteiger partial charge in [-0.3, -0.25) is 4.21 Å². The van der Waals surface area contributed by atoms with Gasteiger partial charge in [-0.05, 0) is 56.5 Å². The number of hydrogen-bond donors (Lipinski definition) is 1. The van der Waals surface area contributed by atoms with E-state index in [0.717, 1.165) is 29.7 Å². The topological polar surface area (TPSA) is 49.8 Å². The first-order valence-electron chi connectivity index (χ1n) is 8.95. The number of nitrogens with zero attached hydrogens (tertiary/aromatic N) is 1. The Kier molecular flexibility index (Phi) is 7.72. The maximum absolute atomic E-state index is 11.8. The van der Waals surface area contributed by atoms with Gasteiger partial charge in [0.15, 0.2) is 0 Å². The summed E-state index contributed by atoms with van der Waals surface area (Å²) in [6.07, 6.45) is 2.45. The summed E-state index contributed by atoms with van der Waals surface area (Å²) in [5, 5.41) is 8.85. The largest absolute Gasteiger partial charge is 0.493 e. The Hall–Kier alpha value is -0.910. The molecule has 0 saturated carbocycles. The summed E-state index contributed by atoms with van der Waals surface area (Å²) >= 11 is 0. The molecule has 0 aliphatic carbocycles. The lowest BCUT2D eigenvalue weighted by Crippen LogP contribution is -2.29. The van der Waals surface area contributed by atoms with Gasteiger partial charge in [0.25, 0.3) is 0 Å². The fraction of sp³-hybridized carbons (Fsp3) is 0.684. The van der Waals surface area contributed by atoms with Gasteiger partial charge in [0.2, 0.25) is 0 Å². The molecular formula is C19H31NO3S. The second-order valence-corrected chi connectivity index (χ2v) is 8.75. The van der Waals surface area contributed by atoms with Crippen molar-refractivity contribution in [3.05, 3.63) is 24.3 Å². The molecule has 0 bridgehead atoms. The molecule has 136 valence electrons. The quantitative estimate of drug-likeness (QED) is 0.742. The average molecular weight is 354 g/mol. The van der Waals surface area contributed by atoms with Crippen LogP contribution in [-0.2, 0) is 10.8 Å². The third-order valence-corrected chi connectivity index (χ3v) is 5.98. The molecule has 4 nitrogen and oxygen atoms in total. The van der Waals surface area contributed by atoms with Gasteiger partial charge in [-0.15, -0.1) is 0 Å². The maximum Gasteiger partial charge on any atom is 0.119 e. The Morgan fingerprint density at radius 2 is 2.04 bits per heavy atom. The number of rotatable bonds is 9. The molecule has 0 amide bonds. The Bertz CT molecular complexity index is 518. The Morgan fingerprint density at radius 1 is 1.33 bits per heavy atom. The van der Waals surface area contributed by atoms with Crippen molar-refractivity contribution < 1.29 is 14.1 Å². The third-order valence-electron chi connectivity index (χ3n) is 4.63. The van der Waals surface area contributed by atoms with E-state index in [-0.39, 0.29) is 12.4 Å². The first-order valence-corrected chi connectivity index (χ1v) is 10.3.